The first-order valence-corrected chi connectivity index (χ1v) is 5.29. The Kier molecular flexibility index (Phi) is 3.13. The predicted octanol–water partition coefficient (Wildman–Crippen LogP) is 3.59. The third-order valence-corrected chi connectivity index (χ3v) is 2.56. The third-order valence-electron chi connectivity index (χ3n) is 2.17. The lowest BCUT2D eigenvalue weighted by atomic mass is 10.2. The molecule has 2 nitrogen and oxygen atoms in total. The molecule has 2 rings (SSSR count). The maximum absolute atomic E-state index is 8.79. The van der Waals surface area contributed by atoms with Gasteiger partial charge in [-0.1, -0.05) is 18.2 Å². The number of hydrogen-bond donors (Lipinski definition) is 2. The third kappa shape index (κ3) is 2.36. The van der Waals surface area contributed by atoms with Gasteiger partial charge in [-0.2, -0.15) is 5.26 Å². The van der Waals surface area contributed by atoms with Gasteiger partial charge in [0.15, 0.2) is 0 Å². The zero-order chi connectivity index (χ0) is 11.4. The lowest BCUT2D eigenvalue weighted by Crippen LogP contribution is -1.91. The van der Waals surface area contributed by atoms with Crippen LogP contribution in [0.4, 0.5) is 11.4 Å². The van der Waals surface area contributed by atoms with Crippen molar-refractivity contribution in [3.05, 3.63) is 54.1 Å². The summed E-state index contributed by atoms with van der Waals surface area (Å²) in [6.07, 6.45) is 0. The van der Waals surface area contributed by atoms with Crippen LogP contribution in [0.2, 0.25) is 0 Å². The highest BCUT2D eigenvalue weighted by Gasteiger charge is 1.99. The molecule has 0 heterocycles. The van der Waals surface area contributed by atoms with Crippen LogP contribution in [0.15, 0.2) is 53.4 Å². The second kappa shape index (κ2) is 4.73. The molecule has 0 amide bonds. The van der Waals surface area contributed by atoms with Crippen LogP contribution in [0.1, 0.15) is 5.56 Å². The van der Waals surface area contributed by atoms with Gasteiger partial charge in [-0.05, 0) is 30.3 Å². The smallest absolute Gasteiger partial charge is 0.0992 e. The van der Waals surface area contributed by atoms with Crippen molar-refractivity contribution in [1.82, 2.24) is 0 Å². The highest BCUT2D eigenvalue weighted by molar-refractivity contribution is 7.80. The number of nitriles is 1. The molecule has 16 heavy (non-hydrogen) atoms. The molecule has 0 aliphatic carbocycles. The molecule has 0 fully saturated rings. The molecule has 0 aliphatic rings. The average Bonchev–Trinajstić information content (AvgIpc) is 2.32. The van der Waals surface area contributed by atoms with Gasteiger partial charge >= 0.3 is 0 Å². The number of nitrogens with one attached hydrogen (secondary N) is 1. The van der Waals surface area contributed by atoms with Gasteiger partial charge < -0.3 is 5.32 Å². The van der Waals surface area contributed by atoms with Crippen molar-refractivity contribution in [3.63, 3.8) is 0 Å². The van der Waals surface area contributed by atoms with E-state index in [9.17, 15) is 0 Å². The summed E-state index contributed by atoms with van der Waals surface area (Å²) in [6.45, 7) is 0. The minimum absolute atomic E-state index is 0.640. The number of para-hydroxylation sites is 1. The first-order valence-electron chi connectivity index (χ1n) is 4.85. The van der Waals surface area contributed by atoms with Gasteiger partial charge in [0.25, 0.3) is 0 Å². The molecular formula is C13H10N2S. The van der Waals surface area contributed by atoms with E-state index in [1.807, 2.05) is 36.4 Å². The van der Waals surface area contributed by atoms with E-state index in [0.29, 0.717) is 5.56 Å². The van der Waals surface area contributed by atoms with Gasteiger partial charge in [0.1, 0.15) is 0 Å². The van der Waals surface area contributed by atoms with Crippen molar-refractivity contribution in [2.24, 2.45) is 0 Å². The lowest BCUT2D eigenvalue weighted by molar-refractivity contribution is 1.41. The van der Waals surface area contributed by atoms with E-state index in [1.54, 1.807) is 12.1 Å². The highest BCUT2D eigenvalue weighted by Crippen LogP contribution is 2.23. The number of hydrogen-bond acceptors (Lipinski definition) is 3. The summed E-state index contributed by atoms with van der Waals surface area (Å²) in [4.78, 5) is 0.880. The minimum atomic E-state index is 0.640. The van der Waals surface area contributed by atoms with E-state index < -0.39 is 0 Å². The summed E-state index contributed by atoms with van der Waals surface area (Å²) in [6, 6.07) is 17.2. The average molecular weight is 226 g/mol. The summed E-state index contributed by atoms with van der Waals surface area (Å²) < 4.78 is 0. The first kappa shape index (κ1) is 10.6. The molecule has 0 saturated carbocycles. The van der Waals surface area contributed by atoms with E-state index in [0.717, 1.165) is 16.3 Å². The Hall–Kier alpha value is -1.92. The lowest BCUT2D eigenvalue weighted by Gasteiger charge is -2.08. The summed E-state index contributed by atoms with van der Waals surface area (Å²) in [7, 11) is 0. The molecule has 1 N–H and O–H groups in total. The topological polar surface area (TPSA) is 35.8 Å². The van der Waals surface area contributed by atoms with E-state index in [-0.39, 0.29) is 0 Å². The fourth-order valence-electron chi connectivity index (χ4n) is 1.40. The molecule has 0 aliphatic heterocycles. The van der Waals surface area contributed by atoms with Gasteiger partial charge in [-0.25, -0.2) is 0 Å². The van der Waals surface area contributed by atoms with Gasteiger partial charge in [0.2, 0.25) is 0 Å². The SMILES string of the molecule is N#Cc1cccc(Nc2ccccc2S)c1. The van der Waals surface area contributed by atoms with Crippen LogP contribution in [0, 0.1) is 11.3 Å². The van der Waals surface area contributed by atoms with Crippen LogP contribution in [0.25, 0.3) is 0 Å². The van der Waals surface area contributed by atoms with Gasteiger partial charge in [0, 0.05) is 10.6 Å². The number of nitrogens with zero attached hydrogens (tertiary/aromatic N) is 1. The molecule has 78 valence electrons. The van der Waals surface area contributed by atoms with Crippen LogP contribution in [-0.2, 0) is 0 Å². The van der Waals surface area contributed by atoms with Gasteiger partial charge in [-0.3, -0.25) is 0 Å². The van der Waals surface area contributed by atoms with Crippen molar-refractivity contribution in [1.29, 1.82) is 5.26 Å². The Bertz CT molecular complexity index is 544. The summed E-state index contributed by atoms with van der Waals surface area (Å²) in [5.74, 6) is 0. The molecular weight excluding hydrogens is 216 g/mol. The van der Waals surface area contributed by atoms with Gasteiger partial charge in [-0.15, -0.1) is 12.6 Å². The molecule has 0 bridgehead atoms. The molecule has 3 heteroatoms. The Morgan fingerprint density at radius 1 is 1.06 bits per heavy atom. The number of thiol groups is 1. The maximum Gasteiger partial charge on any atom is 0.0992 e. The summed E-state index contributed by atoms with van der Waals surface area (Å²) in [5, 5.41) is 12.0. The molecule has 2 aromatic carbocycles. The molecule has 2 aromatic rings. The maximum atomic E-state index is 8.79. The highest BCUT2D eigenvalue weighted by atomic mass is 32.1. The Morgan fingerprint density at radius 3 is 2.62 bits per heavy atom. The molecule has 0 radical (unpaired) electrons. The molecule has 0 spiro atoms. The largest absolute Gasteiger partial charge is 0.355 e. The summed E-state index contributed by atoms with van der Waals surface area (Å²) in [5.41, 5.74) is 2.46. The number of benzene rings is 2. The van der Waals surface area contributed by atoms with Crippen LogP contribution >= 0.6 is 12.6 Å². The quantitative estimate of drug-likeness (QED) is 0.768. The molecule has 0 aromatic heterocycles. The second-order valence-electron chi connectivity index (χ2n) is 3.33. The second-order valence-corrected chi connectivity index (χ2v) is 3.82. The standard InChI is InChI=1S/C13H10N2S/c14-9-10-4-3-5-11(8-10)15-12-6-1-2-7-13(12)16/h1-8,15-16H. The van der Waals surface area contributed by atoms with E-state index in [2.05, 4.69) is 24.0 Å². The predicted molar refractivity (Wildman–Crippen MR) is 68.1 cm³/mol. The normalized spacial score (nSPS) is 9.50. The Morgan fingerprint density at radius 2 is 1.88 bits per heavy atom. The zero-order valence-electron chi connectivity index (χ0n) is 8.51. The van der Waals surface area contributed by atoms with Crippen LogP contribution < -0.4 is 5.32 Å². The fraction of sp³-hybridized carbons (Fsp3) is 0. The zero-order valence-corrected chi connectivity index (χ0v) is 9.41. The number of rotatable bonds is 2. The Balaban J connectivity index is 2.28. The van der Waals surface area contributed by atoms with E-state index in [4.69, 9.17) is 5.26 Å². The van der Waals surface area contributed by atoms with Crippen molar-refractivity contribution < 1.29 is 0 Å². The van der Waals surface area contributed by atoms with E-state index >= 15 is 0 Å². The minimum Gasteiger partial charge on any atom is -0.355 e. The molecule has 0 saturated heterocycles. The fourth-order valence-corrected chi connectivity index (χ4v) is 1.62. The van der Waals surface area contributed by atoms with Crippen molar-refractivity contribution in [3.8, 4) is 6.07 Å². The van der Waals surface area contributed by atoms with Crippen LogP contribution in [0.3, 0.4) is 0 Å². The van der Waals surface area contributed by atoms with Crippen LogP contribution in [-0.4, -0.2) is 0 Å². The van der Waals surface area contributed by atoms with Crippen molar-refractivity contribution in [2.45, 2.75) is 4.90 Å². The Labute approximate surface area is 100.0 Å². The number of anilines is 2. The molecule has 0 unspecified atom stereocenters. The molecule has 0 atom stereocenters. The van der Waals surface area contributed by atoms with Crippen molar-refractivity contribution in [2.75, 3.05) is 5.32 Å². The van der Waals surface area contributed by atoms with Crippen molar-refractivity contribution >= 4 is 24.0 Å². The van der Waals surface area contributed by atoms with E-state index in [1.165, 1.54) is 0 Å². The summed E-state index contributed by atoms with van der Waals surface area (Å²) >= 11 is 4.35. The van der Waals surface area contributed by atoms with Gasteiger partial charge in [0.05, 0.1) is 17.3 Å². The first-order chi connectivity index (χ1) is 7.79. The monoisotopic (exact) mass is 226 g/mol. The van der Waals surface area contributed by atoms with Crippen LogP contribution in [0.5, 0.6) is 0 Å².